The molecule has 2 aromatic rings. The molecular formula is C14H3Cl9O2. The van der Waals surface area contributed by atoms with Gasteiger partial charge >= 0.3 is 0 Å². The zero-order valence-corrected chi connectivity index (χ0v) is 18.2. The van der Waals surface area contributed by atoms with E-state index in [9.17, 15) is 10.2 Å². The maximum Gasteiger partial charge on any atom is 0.188 e. The molecule has 1 aliphatic rings. The number of hydrogen-bond donors (Lipinski definition) is 2. The van der Waals surface area contributed by atoms with Gasteiger partial charge in [-0.2, -0.15) is 0 Å². The van der Waals surface area contributed by atoms with E-state index in [1.807, 2.05) is 0 Å². The molecule has 0 saturated carbocycles. The van der Waals surface area contributed by atoms with E-state index in [1.54, 1.807) is 0 Å². The van der Waals surface area contributed by atoms with E-state index in [1.165, 1.54) is 0 Å². The Labute approximate surface area is 186 Å². The minimum Gasteiger partial charge on any atom is -0.506 e. The highest BCUT2D eigenvalue weighted by Gasteiger charge is 2.48. The van der Waals surface area contributed by atoms with E-state index in [4.69, 9.17) is 104 Å². The standard InChI is InChI=1S/C14H3Cl9O2/c15-5-1-2(8(18)10(20)9(19)7(1)17)6(16)4-3(5)12(24)11(21)13(22)14(4,23)25/h13,24-25H. The van der Waals surface area contributed by atoms with Crippen LogP contribution in [0.15, 0.2) is 5.03 Å². The number of hydrogen-bond acceptors (Lipinski definition) is 2. The SMILES string of the molecule is OC1=C(Cl)C(Cl)C(O)(Cl)c2c1c(Cl)c1c(Cl)c(Cl)c(Cl)c(Cl)c1c2Cl. The first-order valence-electron chi connectivity index (χ1n) is 6.25. The van der Waals surface area contributed by atoms with E-state index >= 15 is 0 Å². The van der Waals surface area contributed by atoms with Crippen molar-refractivity contribution in [2.75, 3.05) is 0 Å². The molecule has 0 saturated heterocycles. The number of rotatable bonds is 0. The Bertz CT molecular complexity index is 981. The Kier molecular flexibility index (Phi) is 5.51. The molecule has 0 fully saturated rings. The minimum atomic E-state index is -2.28. The fourth-order valence-electron chi connectivity index (χ4n) is 2.60. The molecule has 0 amide bonds. The van der Waals surface area contributed by atoms with Gasteiger partial charge in [0.05, 0.1) is 35.2 Å². The van der Waals surface area contributed by atoms with Crippen molar-refractivity contribution in [3.63, 3.8) is 0 Å². The zero-order chi connectivity index (χ0) is 19.0. The summed E-state index contributed by atoms with van der Waals surface area (Å²) < 4.78 is 0. The highest BCUT2D eigenvalue weighted by Crippen LogP contribution is 2.57. The summed E-state index contributed by atoms with van der Waals surface area (Å²) in [6, 6.07) is 0. The lowest BCUT2D eigenvalue weighted by Crippen LogP contribution is -2.35. The van der Waals surface area contributed by atoms with Gasteiger partial charge in [-0.25, -0.2) is 0 Å². The maximum atomic E-state index is 10.7. The number of fused-ring (bicyclic) bond motifs is 2. The van der Waals surface area contributed by atoms with Crippen molar-refractivity contribution in [3.05, 3.63) is 46.3 Å². The second kappa shape index (κ2) is 6.70. The molecule has 0 spiro atoms. The van der Waals surface area contributed by atoms with Crippen molar-refractivity contribution >= 4 is 121 Å². The molecule has 134 valence electrons. The van der Waals surface area contributed by atoms with Crippen LogP contribution in [0.1, 0.15) is 11.1 Å². The first-order chi connectivity index (χ1) is 11.4. The molecule has 2 aromatic carbocycles. The molecule has 0 radical (unpaired) electrons. The summed E-state index contributed by atoms with van der Waals surface area (Å²) in [5.74, 6) is -0.506. The number of alkyl halides is 2. The summed E-state index contributed by atoms with van der Waals surface area (Å²) in [6.45, 7) is 0. The van der Waals surface area contributed by atoms with E-state index < -0.39 is 16.2 Å². The van der Waals surface area contributed by atoms with Crippen LogP contribution < -0.4 is 0 Å². The van der Waals surface area contributed by atoms with E-state index in [0.29, 0.717) is 0 Å². The average molecular weight is 522 g/mol. The summed E-state index contributed by atoms with van der Waals surface area (Å²) in [4.78, 5) is 0. The van der Waals surface area contributed by atoms with Crippen LogP contribution in [0.3, 0.4) is 0 Å². The Balaban J connectivity index is 2.69. The van der Waals surface area contributed by atoms with Gasteiger partial charge < -0.3 is 10.2 Å². The van der Waals surface area contributed by atoms with Crippen LogP contribution in [0.25, 0.3) is 16.5 Å². The molecule has 3 rings (SSSR count). The lowest BCUT2D eigenvalue weighted by atomic mass is 9.89. The van der Waals surface area contributed by atoms with Crippen LogP contribution in [0, 0.1) is 0 Å². The summed E-state index contributed by atoms with van der Waals surface area (Å²) >= 11 is 55.6. The maximum absolute atomic E-state index is 10.7. The molecule has 25 heavy (non-hydrogen) atoms. The van der Waals surface area contributed by atoms with E-state index in [0.717, 1.165) is 0 Å². The van der Waals surface area contributed by atoms with Gasteiger partial charge in [-0.15, -0.1) is 11.6 Å². The van der Waals surface area contributed by atoms with Crippen molar-refractivity contribution < 1.29 is 10.2 Å². The van der Waals surface area contributed by atoms with Gasteiger partial charge in [-0.1, -0.05) is 92.8 Å². The van der Waals surface area contributed by atoms with Crippen LogP contribution in [0.4, 0.5) is 0 Å². The molecule has 0 heterocycles. The second-order valence-electron chi connectivity index (χ2n) is 5.12. The predicted octanol–water partition coefficient (Wildman–Crippen LogP) is 8.23. The number of benzene rings is 2. The first kappa shape index (κ1) is 20.5. The van der Waals surface area contributed by atoms with Gasteiger partial charge in [0.15, 0.2) is 5.06 Å². The summed E-state index contributed by atoms with van der Waals surface area (Å²) in [7, 11) is 0. The molecule has 11 heteroatoms. The third-order valence-corrected chi connectivity index (χ3v) is 7.89. The third kappa shape index (κ3) is 2.73. The molecule has 2 nitrogen and oxygen atoms in total. The second-order valence-corrected chi connectivity index (χ2v) is 8.80. The van der Waals surface area contributed by atoms with E-state index in [2.05, 4.69) is 0 Å². The Hall–Kier alpha value is 0.810. The van der Waals surface area contributed by atoms with Gasteiger partial charge in [0.1, 0.15) is 11.1 Å². The van der Waals surface area contributed by atoms with Gasteiger partial charge in [0.25, 0.3) is 0 Å². The fraction of sp³-hybridized carbons (Fsp3) is 0.143. The van der Waals surface area contributed by atoms with Crippen LogP contribution in [0.2, 0.25) is 30.1 Å². The van der Waals surface area contributed by atoms with Gasteiger partial charge in [-0.3, -0.25) is 0 Å². The van der Waals surface area contributed by atoms with Crippen molar-refractivity contribution in [2.24, 2.45) is 0 Å². The van der Waals surface area contributed by atoms with Crippen LogP contribution in [0.5, 0.6) is 0 Å². The topological polar surface area (TPSA) is 40.5 Å². The predicted molar refractivity (Wildman–Crippen MR) is 109 cm³/mol. The Morgan fingerprint density at radius 3 is 1.64 bits per heavy atom. The lowest BCUT2D eigenvalue weighted by molar-refractivity contribution is 0.131. The molecule has 1 aliphatic carbocycles. The molecule has 2 atom stereocenters. The van der Waals surface area contributed by atoms with Gasteiger partial charge in [-0.05, 0) is 0 Å². The monoisotopic (exact) mass is 518 g/mol. The van der Waals surface area contributed by atoms with Crippen molar-refractivity contribution in [3.8, 4) is 0 Å². The summed E-state index contributed by atoms with van der Waals surface area (Å²) in [6.07, 6.45) is 0. The zero-order valence-electron chi connectivity index (χ0n) is 11.4. The van der Waals surface area contributed by atoms with Crippen molar-refractivity contribution in [2.45, 2.75) is 10.4 Å². The molecule has 2 N–H and O–H groups in total. The number of halogens is 9. The highest BCUT2D eigenvalue weighted by molar-refractivity contribution is 6.59. The number of aliphatic hydroxyl groups excluding tert-OH is 1. The molecular weight excluding hydrogens is 519 g/mol. The first-order valence-corrected chi connectivity index (χ1v) is 9.71. The summed E-state index contributed by atoms with van der Waals surface area (Å²) in [5, 5.41) is 16.8. The van der Waals surface area contributed by atoms with Crippen LogP contribution in [-0.2, 0) is 5.06 Å². The molecule has 2 unspecified atom stereocenters. The largest absolute Gasteiger partial charge is 0.506 e. The van der Waals surface area contributed by atoms with E-state index in [-0.39, 0.29) is 57.1 Å². The number of aliphatic hydroxyl groups is 2. The van der Waals surface area contributed by atoms with Gasteiger partial charge in [0.2, 0.25) is 0 Å². The summed E-state index contributed by atoms with van der Waals surface area (Å²) in [5.41, 5.74) is -0.304. The Morgan fingerprint density at radius 1 is 0.720 bits per heavy atom. The molecule has 0 bridgehead atoms. The normalized spacial score (nSPS) is 23.4. The van der Waals surface area contributed by atoms with Crippen molar-refractivity contribution in [1.29, 1.82) is 0 Å². The van der Waals surface area contributed by atoms with Crippen molar-refractivity contribution in [1.82, 2.24) is 0 Å². The molecule has 0 aliphatic heterocycles. The van der Waals surface area contributed by atoms with Crippen LogP contribution in [-0.4, -0.2) is 15.6 Å². The third-order valence-electron chi connectivity index (χ3n) is 3.77. The Morgan fingerprint density at radius 2 is 1.16 bits per heavy atom. The van der Waals surface area contributed by atoms with Crippen LogP contribution >= 0.6 is 104 Å². The average Bonchev–Trinajstić information content (AvgIpc) is 2.55. The minimum absolute atomic E-state index is 0.0456. The fourth-order valence-corrected chi connectivity index (χ4v) is 5.41. The smallest absolute Gasteiger partial charge is 0.188 e. The van der Waals surface area contributed by atoms with Gasteiger partial charge in [0, 0.05) is 21.9 Å². The molecule has 0 aromatic heterocycles. The lowest BCUT2D eigenvalue weighted by Gasteiger charge is -2.34. The quantitative estimate of drug-likeness (QED) is 0.208. The highest BCUT2D eigenvalue weighted by atomic mass is 35.5.